The number of carbonyl (C=O) groups excluding carboxylic acids is 1. The van der Waals surface area contributed by atoms with E-state index in [0.717, 1.165) is 26.2 Å². The molecule has 0 aromatic carbocycles. The number of nitrogens with zero attached hydrogens (tertiary/aromatic N) is 2. The van der Waals surface area contributed by atoms with E-state index in [2.05, 4.69) is 24.2 Å². The molecule has 2 heterocycles. The third-order valence-corrected chi connectivity index (χ3v) is 3.78. The van der Waals surface area contributed by atoms with Gasteiger partial charge in [-0.05, 0) is 25.8 Å². The van der Waals surface area contributed by atoms with Gasteiger partial charge in [0.2, 0.25) is 5.91 Å². The highest BCUT2D eigenvalue weighted by Gasteiger charge is 2.26. The first kappa shape index (κ1) is 11.9. The molecule has 0 spiro atoms. The monoisotopic (exact) mass is 225 g/mol. The molecule has 2 saturated heterocycles. The molecule has 1 unspecified atom stereocenters. The van der Waals surface area contributed by atoms with Gasteiger partial charge in [0.15, 0.2) is 0 Å². The second-order valence-electron chi connectivity index (χ2n) is 5.31. The average molecular weight is 225 g/mol. The van der Waals surface area contributed by atoms with E-state index in [1.54, 1.807) is 0 Å². The molecule has 16 heavy (non-hydrogen) atoms. The lowest BCUT2D eigenvalue weighted by Crippen LogP contribution is -2.58. The molecule has 0 aromatic heterocycles. The van der Waals surface area contributed by atoms with Crippen LogP contribution in [0.2, 0.25) is 0 Å². The summed E-state index contributed by atoms with van der Waals surface area (Å²) in [5.74, 6) is 0.981. The van der Waals surface area contributed by atoms with Crippen molar-refractivity contribution in [2.75, 3.05) is 39.8 Å². The third kappa shape index (κ3) is 2.74. The van der Waals surface area contributed by atoms with Crippen molar-refractivity contribution in [2.24, 2.45) is 5.92 Å². The Labute approximate surface area is 98.0 Å². The fourth-order valence-electron chi connectivity index (χ4n) is 2.44. The molecule has 4 heteroatoms. The largest absolute Gasteiger partial charge is 0.341 e. The summed E-state index contributed by atoms with van der Waals surface area (Å²) in [7, 11) is 2.05. The molecular formula is C12H23N3O. The Morgan fingerprint density at radius 1 is 1.50 bits per heavy atom. The summed E-state index contributed by atoms with van der Waals surface area (Å²) >= 11 is 0. The van der Waals surface area contributed by atoms with Crippen LogP contribution in [-0.2, 0) is 4.79 Å². The number of amides is 1. The van der Waals surface area contributed by atoms with Crippen molar-refractivity contribution >= 4 is 5.91 Å². The summed E-state index contributed by atoms with van der Waals surface area (Å²) in [6.07, 6.45) is 2.44. The molecule has 2 rings (SSSR count). The molecular weight excluding hydrogens is 202 g/mol. The number of nitrogens with one attached hydrogen (secondary N) is 1. The standard InChI is InChI=1S/C12H23N3O/c1-10-4-3-5-15(8-10)12(16)9-14(2)11-6-13-7-11/h10-11,13H,3-9H2,1-2H3. The van der Waals surface area contributed by atoms with Crippen LogP contribution in [0.15, 0.2) is 0 Å². The Balaban J connectivity index is 1.77. The van der Waals surface area contributed by atoms with E-state index in [4.69, 9.17) is 0 Å². The lowest BCUT2D eigenvalue weighted by Gasteiger charge is -2.37. The highest BCUT2D eigenvalue weighted by molar-refractivity contribution is 5.78. The molecule has 0 aromatic rings. The molecule has 4 nitrogen and oxygen atoms in total. The summed E-state index contributed by atoms with van der Waals surface area (Å²) in [6.45, 7) is 6.79. The van der Waals surface area contributed by atoms with Crippen molar-refractivity contribution < 1.29 is 4.79 Å². The first-order chi connectivity index (χ1) is 7.66. The number of hydrogen-bond acceptors (Lipinski definition) is 3. The Kier molecular flexibility index (Phi) is 3.82. The Hall–Kier alpha value is -0.610. The topological polar surface area (TPSA) is 35.6 Å². The number of likely N-dealkylation sites (tertiary alicyclic amines) is 1. The van der Waals surface area contributed by atoms with Crippen LogP contribution in [0.3, 0.4) is 0 Å². The number of rotatable bonds is 3. The maximum absolute atomic E-state index is 12.1. The van der Waals surface area contributed by atoms with Crippen molar-refractivity contribution in [1.82, 2.24) is 15.1 Å². The minimum atomic E-state index is 0.306. The van der Waals surface area contributed by atoms with E-state index < -0.39 is 0 Å². The number of likely N-dealkylation sites (N-methyl/N-ethyl adjacent to an activating group) is 1. The van der Waals surface area contributed by atoms with Gasteiger partial charge >= 0.3 is 0 Å². The van der Waals surface area contributed by atoms with Gasteiger partial charge < -0.3 is 10.2 Å². The maximum atomic E-state index is 12.1. The van der Waals surface area contributed by atoms with Crippen LogP contribution in [0.4, 0.5) is 0 Å². The van der Waals surface area contributed by atoms with Crippen molar-refractivity contribution in [3.05, 3.63) is 0 Å². The fourth-order valence-corrected chi connectivity index (χ4v) is 2.44. The van der Waals surface area contributed by atoms with E-state index in [1.807, 2.05) is 4.90 Å². The van der Waals surface area contributed by atoms with Crippen molar-refractivity contribution in [1.29, 1.82) is 0 Å². The molecule has 92 valence electrons. The van der Waals surface area contributed by atoms with Crippen LogP contribution in [0, 0.1) is 5.92 Å². The normalized spacial score (nSPS) is 26.9. The van der Waals surface area contributed by atoms with Crippen molar-refractivity contribution in [3.63, 3.8) is 0 Å². The molecule has 2 aliphatic rings. The van der Waals surface area contributed by atoms with Gasteiger partial charge in [-0.1, -0.05) is 6.92 Å². The number of hydrogen-bond donors (Lipinski definition) is 1. The van der Waals surface area contributed by atoms with Crippen molar-refractivity contribution in [3.8, 4) is 0 Å². The zero-order chi connectivity index (χ0) is 11.5. The van der Waals surface area contributed by atoms with Crippen LogP contribution in [-0.4, -0.2) is 61.5 Å². The zero-order valence-electron chi connectivity index (χ0n) is 10.4. The summed E-state index contributed by atoms with van der Waals surface area (Å²) in [5.41, 5.74) is 0. The quantitative estimate of drug-likeness (QED) is 0.742. The first-order valence-electron chi connectivity index (χ1n) is 6.35. The molecule has 1 N–H and O–H groups in total. The molecule has 0 aliphatic carbocycles. The van der Waals surface area contributed by atoms with Gasteiger partial charge in [0.05, 0.1) is 6.54 Å². The molecule has 2 fully saturated rings. The molecule has 0 radical (unpaired) electrons. The summed E-state index contributed by atoms with van der Waals surface area (Å²) in [5, 5.41) is 3.24. The van der Waals surface area contributed by atoms with Crippen LogP contribution >= 0.6 is 0 Å². The lowest BCUT2D eigenvalue weighted by molar-refractivity contribution is -0.134. The fraction of sp³-hybridized carbons (Fsp3) is 0.917. The Morgan fingerprint density at radius 3 is 2.81 bits per heavy atom. The Bertz CT molecular complexity index is 253. The maximum Gasteiger partial charge on any atom is 0.236 e. The molecule has 0 saturated carbocycles. The second-order valence-corrected chi connectivity index (χ2v) is 5.31. The predicted molar refractivity (Wildman–Crippen MR) is 64.3 cm³/mol. The van der Waals surface area contributed by atoms with Gasteiger partial charge in [-0.2, -0.15) is 0 Å². The van der Waals surface area contributed by atoms with Crippen LogP contribution in [0.1, 0.15) is 19.8 Å². The number of piperidine rings is 1. The first-order valence-corrected chi connectivity index (χ1v) is 6.35. The minimum absolute atomic E-state index is 0.306. The summed E-state index contributed by atoms with van der Waals surface area (Å²) < 4.78 is 0. The SMILES string of the molecule is CC1CCCN(C(=O)CN(C)C2CNC2)C1. The van der Waals surface area contributed by atoms with E-state index in [1.165, 1.54) is 12.8 Å². The Morgan fingerprint density at radius 2 is 2.25 bits per heavy atom. The molecule has 0 bridgehead atoms. The van der Waals surface area contributed by atoms with E-state index in [-0.39, 0.29) is 0 Å². The molecule has 1 amide bonds. The van der Waals surface area contributed by atoms with E-state index in [9.17, 15) is 4.79 Å². The predicted octanol–water partition coefficient (Wildman–Crippen LogP) is 0.149. The summed E-state index contributed by atoms with van der Waals surface area (Å²) in [4.78, 5) is 16.3. The van der Waals surface area contributed by atoms with Crippen molar-refractivity contribution in [2.45, 2.75) is 25.8 Å². The second kappa shape index (κ2) is 5.15. The highest BCUT2D eigenvalue weighted by atomic mass is 16.2. The lowest BCUT2D eigenvalue weighted by atomic mass is 10.0. The van der Waals surface area contributed by atoms with Gasteiger partial charge in [0, 0.05) is 32.2 Å². The molecule has 2 aliphatic heterocycles. The highest BCUT2D eigenvalue weighted by Crippen LogP contribution is 2.15. The third-order valence-electron chi connectivity index (χ3n) is 3.78. The minimum Gasteiger partial charge on any atom is -0.341 e. The van der Waals surface area contributed by atoms with Crippen LogP contribution < -0.4 is 5.32 Å². The van der Waals surface area contributed by atoms with Gasteiger partial charge in [0.25, 0.3) is 0 Å². The van der Waals surface area contributed by atoms with Gasteiger partial charge in [0.1, 0.15) is 0 Å². The van der Waals surface area contributed by atoms with Gasteiger partial charge in [-0.3, -0.25) is 9.69 Å². The van der Waals surface area contributed by atoms with Crippen LogP contribution in [0.25, 0.3) is 0 Å². The molecule has 1 atom stereocenters. The smallest absolute Gasteiger partial charge is 0.236 e. The summed E-state index contributed by atoms with van der Waals surface area (Å²) in [6, 6.07) is 0.561. The van der Waals surface area contributed by atoms with Gasteiger partial charge in [-0.25, -0.2) is 0 Å². The van der Waals surface area contributed by atoms with E-state index in [0.29, 0.717) is 24.4 Å². The van der Waals surface area contributed by atoms with Crippen LogP contribution in [0.5, 0.6) is 0 Å². The number of carbonyl (C=O) groups is 1. The van der Waals surface area contributed by atoms with Gasteiger partial charge in [-0.15, -0.1) is 0 Å². The zero-order valence-corrected chi connectivity index (χ0v) is 10.4. The average Bonchev–Trinajstić information content (AvgIpc) is 2.14. The van der Waals surface area contributed by atoms with E-state index >= 15 is 0 Å².